The molecule has 14 heavy (non-hydrogen) atoms. The third-order valence-electron chi connectivity index (χ3n) is 4.28. The van der Waals surface area contributed by atoms with E-state index in [-0.39, 0.29) is 5.54 Å². The summed E-state index contributed by atoms with van der Waals surface area (Å²) < 4.78 is 0. The lowest BCUT2D eigenvalue weighted by molar-refractivity contribution is 0.0338. The first-order valence-electron chi connectivity index (χ1n) is 5.91. The Kier molecular flexibility index (Phi) is 3.59. The Balaban J connectivity index is 2.84. The summed E-state index contributed by atoms with van der Waals surface area (Å²) in [6.45, 7) is 8.96. The molecule has 1 atom stereocenters. The topological polar surface area (TPSA) is 29.3 Å². The van der Waals surface area contributed by atoms with E-state index < -0.39 is 0 Å². The van der Waals surface area contributed by atoms with E-state index in [4.69, 9.17) is 5.73 Å². The molecule has 0 heterocycles. The van der Waals surface area contributed by atoms with E-state index in [1.807, 2.05) is 0 Å². The highest BCUT2D eigenvalue weighted by Gasteiger charge is 2.49. The minimum atomic E-state index is 0.253. The zero-order valence-corrected chi connectivity index (χ0v) is 10.3. The van der Waals surface area contributed by atoms with Gasteiger partial charge < -0.3 is 5.73 Å². The highest BCUT2D eigenvalue weighted by Crippen LogP contribution is 2.48. The molecule has 0 bridgehead atoms. The molecule has 0 aromatic rings. The maximum Gasteiger partial charge on any atom is 0.0379 e. The third kappa shape index (κ3) is 1.70. The summed E-state index contributed by atoms with van der Waals surface area (Å²) in [7, 11) is 2.24. The van der Waals surface area contributed by atoms with E-state index >= 15 is 0 Å². The SMILES string of the molecule is CCCN(C)C1(CN)CCCC1(C)C. The Morgan fingerprint density at radius 2 is 1.93 bits per heavy atom. The average Bonchev–Trinajstić information content (AvgIpc) is 2.42. The molecule has 1 rings (SSSR count). The van der Waals surface area contributed by atoms with E-state index in [0.29, 0.717) is 5.41 Å². The number of likely N-dealkylation sites (N-methyl/N-ethyl adjacent to an activating group) is 1. The van der Waals surface area contributed by atoms with Crippen molar-refractivity contribution in [3.8, 4) is 0 Å². The fourth-order valence-electron chi connectivity index (χ4n) is 3.18. The minimum absolute atomic E-state index is 0.253. The lowest BCUT2D eigenvalue weighted by Gasteiger charge is -2.48. The average molecular weight is 198 g/mol. The van der Waals surface area contributed by atoms with Crippen LogP contribution in [-0.4, -0.2) is 30.6 Å². The van der Waals surface area contributed by atoms with Crippen molar-refractivity contribution in [1.29, 1.82) is 0 Å². The van der Waals surface area contributed by atoms with Crippen LogP contribution in [0.25, 0.3) is 0 Å². The highest BCUT2D eigenvalue weighted by atomic mass is 15.2. The van der Waals surface area contributed by atoms with Crippen molar-refractivity contribution in [2.45, 2.75) is 52.0 Å². The quantitative estimate of drug-likeness (QED) is 0.750. The maximum absolute atomic E-state index is 6.03. The van der Waals surface area contributed by atoms with Crippen LogP contribution in [0.2, 0.25) is 0 Å². The normalized spacial score (nSPS) is 31.3. The van der Waals surface area contributed by atoms with Gasteiger partial charge in [0.15, 0.2) is 0 Å². The number of rotatable bonds is 4. The van der Waals surface area contributed by atoms with Crippen LogP contribution in [0.1, 0.15) is 46.5 Å². The van der Waals surface area contributed by atoms with Gasteiger partial charge in [-0.25, -0.2) is 0 Å². The van der Waals surface area contributed by atoms with Gasteiger partial charge in [-0.05, 0) is 38.3 Å². The van der Waals surface area contributed by atoms with E-state index in [9.17, 15) is 0 Å². The van der Waals surface area contributed by atoms with Crippen LogP contribution in [0.15, 0.2) is 0 Å². The second kappa shape index (κ2) is 4.19. The summed E-state index contributed by atoms with van der Waals surface area (Å²) in [6, 6.07) is 0. The summed E-state index contributed by atoms with van der Waals surface area (Å²) >= 11 is 0. The lowest BCUT2D eigenvalue weighted by Crippen LogP contribution is -2.58. The Morgan fingerprint density at radius 1 is 1.29 bits per heavy atom. The summed E-state index contributed by atoms with van der Waals surface area (Å²) in [6.07, 6.45) is 5.14. The molecule has 1 unspecified atom stereocenters. The van der Waals surface area contributed by atoms with Gasteiger partial charge in [-0.15, -0.1) is 0 Å². The second-order valence-electron chi connectivity index (χ2n) is 5.39. The molecule has 0 aliphatic heterocycles. The first kappa shape index (κ1) is 12.0. The van der Waals surface area contributed by atoms with Crippen LogP contribution >= 0.6 is 0 Å². The van der Waals surface area contributed by atoms with E-state index in [1.54, 1.807) is 0 Å². The fourth-order valence-corrected chi connectivity index (χ4v) is 3.18. The van der Waals surface area contributed by atoms with E-state index in [0.717, 1.165) is 6.54 Å². The minimum Gasteiger partial charge on any atom is -0.329 e. The standard InChI is InChI=1S/C12H26N2/c1-5-9-14(4)12(10-13)8-6-7-11(12,2)3/h5-10,13H2,1-4H3. The molecule has 0 aromatic heterocycles. The number of nitrogens with zero attached hydrogens (tertiary/aromatic N) is 1. The molecular formula is C12H26N2. The molecule has 0 amide bonds. The first-order chi connectivity index (χ1) is 6.50. The second-order valence-corrected chi connectivity index (χ2v) is 5.39. The van der Waals surface area contributed by atoms with Crippen molar-refractivity contribution in [1.82, 2.24) is 4.90 Å². The molecule has 1 aliphatic rings. The number of hydrogen-bond acceptors (Lipinski definition) is 2. The van der Waals surface area contributed by atoms with Crippen LogP contribution in [0, 0.1) is 5.41 Å². The number of nitrogens with two attached hydrogens (primary N) is 1. The molecule has 84 valence electrons. The van der Waals surface area contributed by atoms with Gasteiger partial charge in [0.2, 0.25) is 0 Å². The molecule has 0 spiro atoms. The molecule has 0 aromatic carbocycles. The van der Waals surface area contributed by atoms with Gasteiger partial charge in [0, 0.05) is 12.1 Å². The molecule has 2 N–H and O–H groups in total. The van der Waals surface area contributed by atoms with Gasteiger partial charge in [0.05, 0.1) is 0 Å². The monoisotopic (exact) mass is 198 g/mol. The largest absolute Gasteiger partial charge is 0.329 e. The van der Waals surface area contributed by atoms with Crippen LogP contribution in [0.4, 0.5) is 0 Å². The molecule has 1 aliphatic carbocycles. The molecule has 1 saturated carbocycles. The maximum atomic E-state index is 6.03. The predicted molar refractivity (Wildman–Crippen MR) is 62.3 cm³/mol. The van der Waals surface area contributed by atoms with E-state index in [1.165, 1.54) is 32.2 Å². The molecule has 0 saturated heterocycles. The van der Waals surface area contributed by atoms with Gasteiger partial charge in [0.25, 0.3) is 0 Å². The van der Waals surface area contributed by atoms with Crippen molar-refractivity contribution >= 4 is 0 Å². The van der Waals surface area contributed by atoms with Crippen molar-refractivity contribution in [3.63, 3.8) is 0 Å². The van der Waals surface area contributed by atoms with Gasteiger partial charge >= 0.3 is 0 Å². The smallest absolute Gasteiger partial charge is 0.0379 e. The highest BCUT2D eigenvalue weighted by molar-refractivity contribution is 5.06. The zero-order valence-electron chi connectivity index (χ0n) is 10.3. The fraction of sp³-hybridized carbons (Fsp3) is 1.00. The zero-order chi connectivity index (χ0) is 10.8. The van der Waals surface area contributed by atoms with Gasteiger partial charge in [-0.3, -0.25) is 4.90 Å². The third-order valence-corrected chi connectivity index (χ3v) is 4.28. The summed E-state index contributed by atoms with van der Waals surface area (Å²) in [5.41, 5.74) is 6.67. The van der Waals surface area contributed by atoms with Crippen LogP contribution in [0.5, 0.6) is 0 Å². The van der Waals surface area contributed by atoms with Gasteiger partial charge in [-0.1, -0.05) is 27.2 Å². The summed E-state index contributed by atoms with van der Waals surface area (Å²) in [5.74, 6) is 0. The van der Waals surface area contributed by atoms with Gasteiger partial charge in [0.1, 0.15) is 0 Å². The van der Waals surface area contributed by atoms with Crippen LogP contribution < -0.4 is 5.73 Å². The van der Waals surface area contributed by atoms with Crippen LogP contribution in [0.3, 0.4) is 0 Å². The van der Waals surface area contributed by atoms with Crippen molar-refractivity contribution < 1.29 is 0 Å². The molecular weight excluding hydrogens is 172 g/mol. The summed E-state index contributed by atoms with van der Waals surface area (Å²) in [4.78, 5) is 2.50. The van der Waals surface area contributed by atoms with Crippen molar-refractivity contribution in [2.75, 3.05) is 20.1 Å². The molecule has 0 radical (unpaired) electrons. The Morgan fingerprint density at radius 3 is 2.29 bits per heavy atom. The number of hydrogen-bond donors (Lipinski definition) is 1. The Hall–Kier alpha value is -0.0800. The summed E-state index contributed by atoms with van der Waals surface area (Å²) in [5, 5.41) is 0. The van der Waals surface area contributed by atoms with Crippen molar-refractivity contribution in [3.05, 3.63) is 0 Å². The van der Waals surface area contributed by atoms with Crippen molar-refractivity contribution in [2.24, 2.45) is 11.1 Å². The Bertz CT molecular complexity index is 189. The first-order valence-corrected chi connectivity index (χ1v) is 5.91. The lowest BCUT2D eigenvalue weighted by atomic mass is 9.74. The Labute approximate surface area is 88.8 Å². The van der Waals surface area contributed by atoms with Crippen LogP contribution in [-0.2, 0) is 0 Å². The molecule has 2 nitrogen and oxygen atoms in total. The van der Waals surface area contributed by atoms with E-state index in [2.05, 4.69) is 32.7 Å². The predicted octanol–water partition coefficient (Wildman–Crippen LogP) is 2.24. The molecule has 1 fully saturated rings. The van der Waals surface area contributed by atoms with Gasteiger partial charge in [-0.2, -0.15) is 0 Å². The molecule has 2 heteroatoms.